The van der Waals surface area contributed by atoms with Crippen LogP contribution in [-0.4, -0.2) is 53.8 Å². The van der Waals surface area contributed by atoms with Crippen LogP contribution >= 0.6 is 11.8 Å². The van der Waals surface area contributed by atoms with Crippen LogP contribution in [0.1, 0.15) is 27.7 Å². The van der Waals surface area contributed by atoms with Gasteiger partial charge >= 0.3 is 0 Å². The summed E-state index contributed by atoms with van der Waals surface area (Å²) in [6.45, 7) is 12.1. The lowest BCUT2D eigenvalue weighted by atomic mass is 10.2. The smallest absolute Gasteiger partial charge is 0.176 e. The van der Waals surface area contributed by atoms with Crippen molar-refractivity contribution in [3.05, 3.63) is 12.5 Å². The maximum Gasteiger partial charge on any atom is 0.176 e. The molecular weight excluding hydrogens is 366 g/mol. The molecule has 24 heavy (non-hydrogen) atoms. The summed E-state index contributed by atoms with van der Waals surface area (Å²) in [5.41, 5.74) is 4.99. The van der Waals surface area contributed by atoms with Crippen molar-refractivity contribution in [3.8, 4) is 0 Å². The minimum Gasteiger partial charge on any atom is -0.480 e. The molecule has 5 nitrogen and oxygen atoms in total. The first kappa shape index (κ1) is 23.8. The number of hydrogen-bond donors (Lipinski definition) is 1. The van der Waals surface area contributed by atoms with E-state index in [1.165, 1.54) is 11.5 Å². The summed E-state index contributed by atoms with van der Waals surface area (Å²) in [5, 5.41) is 0. The number of hydrogen-bond acceptors (Lipinski definition) is 6. The van der Waals surface area contributed by atoms with E-state index in [1.807, 2.05) is 25.6 Å². The molecule has 0 radical (unpaired) electrons. The maximum absolute atomic E-state index is 10.3. The van der Waals surface area contributed by atoms with Gasteiger partial charge in [0.05, 0.1) is 18.1 Å². The van der Waals surface area contributed by atoms with Gasteiger partial charge in [-0.1, -0.05) is 20.8 Å². The molecule has 0 atom stereocenters. The van der Waals surface area contributed by atoms with E-state index in [-0.39, 0.29) is 5.88 Å². The van der Waals surface area contributed by atoms with Crippen molar-refractivity contribution in [3.63, 3.8) is 0 Å². The molecule has 144 valence electrons. The molecule has 0 bridgehead atoms. The average Bonchev–Trinajstić information content (AvgIpc) is 2.35. The quantitative estimate of drug-likeness (QED) is 0.717. The molecule has 0 amide bonds. The van der Waals surface area contributed by atoms with E-state index in [0.29, 0.717) is 24.0 Å². The van der Waals surface area contributed by atoms with Crippen molar-refractivity contribution < 1.29 is 17.4 Å². The third-order valence-corrected chi connectivity index (χ3v) is 8.80. The summed E-state index contributed by atoms with van der Waals surface area (Å²) in [4.78, 5) is 0. The molecular formula is C16H33NO4S3. The van der Waals surface area contributed by atoms with E-state index in [1.54, 1.807) is 0 Å². The molecule has 0 aromatic carbocycles. The Hall–Kier alpha value is -0.210. The van der Waals surface area contributed by atoms with Gasteiger partial charge in [-0.05, 0) is 42.8 Å². The molecule has 3 fully saturated rings. The first-order valence-electron chi connectivity index (χ1n) is 8.26. The largest absolute Gasteiger partial charge is 0.480 e. The van der Waals surface area contributed by atoms with Crippen molar-refractivity contribution in [2.75, 3.05) is 41.1 Å². The molecule has 3 aliphatic heterocycles. The molecule has 0 unspecified atom stereocenters. The summed E-state index contributed by atoms with van der Waals surface area (Å²) >= 11 is 2.05. The molecule has 3 saturated heterocycles. The zero-order valence-corrected chi connectivity index (χ0v) is 17.8. The fourth-order valence-electron chi connectivity index (χ4n) is 1.94. The van der Waals surface area contributed by atoms with Crippen LogP contribution in [0, 0.1) is 17.8 Å². The third kappa shape index (κ3) is 13.1. The van der Waals surface area contributed by atoms with Gasteiger partial charge < -0.3 is 10.5 Å². The highest BCUT2D eigenvalue weighted by Crippen LogP contribution is 2.22. The topological polar surface area (TPSA) is 86.5 Å². The summed E-state index contributed by atoms with van der Waals surface area (Å²) in [6, 6.07) is 0. The summed E-state index contributed by atoms with van der Waals surface area (Å²) < 4.78 is 35.4. The van der Waals surface area contributed by atoms with Gasteiger partial charge in [-0.2, -0.15) is 11.8 Å². The Bertz CT molecular complexity index is 462. The van der Waals surface area contributed by atoms with Crippen LogP contribution in [0.5, 0.6) is 0 Å². The number of sulfone groups is 1. The number of ether oxygens (including phenoxy) is 1. The molecule has 2 N–H and O–H groups in total. The lowest BCUT2D eigenvalue weighted by Gasteiger charge is -2.20. The van der Waals surface area contributed by atoms with Gasteiger partial charge in [0, 0.05) is 22.3 Å². The maximum atomic E-state index is 10.3. The molecule has 0 aliphatic carbocycles. The Balaban J connectivity index is 0.000000296. The van der Waals surface area contributed by atoms with Crippen molar-refractivity contribution in [1.29, 1.82) is 0 Å². The third-order valence-electron chi connectivity index (χ3n) is 3.15. The zero-order valence-electron chi connectivity index (χ0n) is 15.3. The molecule has 0 aromatic rings. The van der Waals surface area contributed by atoms with Crippen LogP contribution in [0.2, 0.25) is 0 Å². The molecule has 0 spiro atoms. The molecule has 0 saturated carbocycles. The molecule has 3 aliphatic rings. The normalized spacial score (nSPS) is 27.0. The van der Waals surface area contributed by atoms with Gasteiger partial charge in [0.2, 0.25) is 0 Å². The second kappa shape index (κ2) is 12.2. The lowest BCUT2D eigenvalue weighted by Crippen LogP contribution is -2.33. The predicted molar refractivity (Wildman–Crippen MR) is 106 cm³/mol. The van der Waals surface area contributed by atoms with Crippen molar-refractivity contribution in [2.24, 2.45) is 23.5 Å². The van der Waals surface area contributed by atoms with Crippen molar-refractivity contribution in [2.45, 2.75) is 27.7 Å². The predicted octanol–water partition coefficient (Wildman–Crippen LogP) is 2.26. The van der Waals surface area contributed by atoms with Crippen LogP contribution in [0.4, 0.5) is 0 Å². The fourth-order valence-corrected chi connectivity index (χ4v) is 5.46. The monoisotopic (exact) mass is 399 g/mol. The standard InChI is InChI=1S/C4H9NO.C4H8O2S.C4H8OS.C4H8S/c1-3-6-4(2)5;1-4-2-7(5,6)3-4;1-4-2-6(5)3-4;1-4-2-5-3-4/h2-3,5H2,1H3;4H,2-3H2,1H3;4H,2-3H2,1H3;4H,2-3H2,1H3. The highest BCUT2D eigenvalue weighted by Gasteiger charge is 2.28. The Morgan fingerprint density at radius 2 is 1.62 bits per heavy atom. The van der Waals surface area contributed by atoms with E-state index >= 15 is 0 Å². The van der Waals surface area contributed by atoms with Gasteiger partial charge in [-0.3, -0.25) is 4.21 Å². The summed E-state index contributed by atoms with van der Waals surface area (Å²) in [6.07, 6.45) is 0. The first-order chi connectivity index (χ1) is 11.1. The van der Waals surface area contributed by atoms with E-state index in [4.69, 9.17) is 5.73 Å². The lowest BCUT2D eigenvalue weighted by molar-refractivity contribution is 0.228. The van der Waals surface area contributed by atoms with Crippen LogP contribution in [0.3, 0.4) is 0 Å². The summed E-state index contributed by atoms with van der Waals surface area (Å²) in [5.74, 6) is 7.99. The highest BCUT2D eigenvalue weighted by atomic mass is 32.2. The van der Waals surface area contributed by atoms with Gasteiger partial charge in [0.15, 0.2) is 15.7 Å². The molecule has 8 heteroatoms. The number of thioether (sulfide) groups is 1. The van der Waals surface area contributed by atoms with Crippen molar-refractivity contribution >= 4 is 32.4 Å². The van der Waals surface area contributed by atoms with Gasteiger partial charge in [-0.25, -0.2) is 8.42 Å². The van der Waals surface area contributed by atoms with Crippen LogP contribution in [0.15, 0.2) is 12.5 Å². The highest BCUT2D eigenvalue weighted by molar-refractivity contribution is 8.00. The van der Waals surface area contributed by atoms with E-state index in [2.05, 4.69) is 25.2 Å². The van der Waals surface area contributed by atoms with Crippen molar-refractivity contribution in [1.82, 2.24) is 0 Å². The van der Waals surface area contributed by atoms with Crippen LogP contribution < -0.4 is 5.73 Å². The fraction of sp³-hybridized carbons (Fsp3) is 0.875. The van der Waals surface area contributed by atoms with Gasteiger partial charge in [0.25, 0.3) is 0 Å². The molecule has 0 aromatic heterocycles. The minimum absolute atomic E-state index is 0.289. The number of nitrogens with two attached hydrogens (primary N) is 1. The summed E-state index contributed by atoms with van der Waals surface area (Å²) in [7, 11) is -2.95. The van der Waals surface area contributed by atoms with Crippen LogP contribution in [0.25, 0.3) is 0 Å². The van der Waals surface area contributed by atoms with E-state index < -0.39 is 20.6 Å². The zero-order chi connectivity index (χ0) is 18.8. The van der Waals surface area contributed by atoms with E-state index in [9.17, 15) is 12.6 Å². The molecule has 3 heterocycles. The van der Waals surface area contributed by atoms with E-state index in [0.717, 1.165) is 23.3 Å². The Kier molecular flexibility index (Phi) is 12.1. The Morgan fingerprint density at radius 3 is 1.62 bits per heavy atom. The van der Waals surface area contributed by atoms with Gasteiger partial charge in [-0.15, -0.1) is 0 Å². The SMILES string of the molecule is C=C(N)OCC.CC1CS(=O)(=O)C1.CC1CS(=O)C1.CC1CSC1. The first-order valence-corrected chi connectivity index (χ1v) is 12.7. The molecule has 3 rings (SSSR count). The number of rotatable bonds is 2. The van der Waals surface area contributed by atoms with Gasteiger partial charge in [0.1, 0.15) is 0 Å². The second-order valence-corrected chi connectivity index (χ2v) is 11.4. The minimum atomic E-state index is -2.53. The van der Waals surface area contributed by atoms with Crippen LogP contribution in [-0.2, 0) is 25.4 Å². The average molecular weight is 400 g/mol. The Morgan fingerprint density at radius 1 is 1.17 bits per heavy atom. The Labute approximate surface area is 154 Å². The second-order valence-electron chi connectivity index (χ2n) is 6.60.